The number of hydrogen-bond acceptors (Lipinski definition) is 1. The summed E-state index contributed by atoms with van der Waals surface area (Å²) in [6, 6.07) is 6.80. The first-order valence-electron chi connectivity index (χ1n) is 5.58. The molecule has 0 amide bonds. The Hall–Kier alpha value is -0.500. The van der Waals surface area contributed by atoms with Crippen LogP contribution in [0.3, 0.4) is 0 Å². The van der Waals surface area contributed by atoms with Gasteiger partial charge in [-0.3, -0.25) is 0 Å². The Bertz CT molecular complexity index is 322. The average Bonchev–Trinajstić information content (AvgIpc) is 2.23. The van der Waals surface area contributed by atoms with E-state index in [2.05, 4.69) is 67.1 Å². The summed E-state index contributed by atoms with van der Waals surface area (Å²) in [7, 11) is 0. The van der Waals surface area contributed by atoms with Crippen molar-refractivity contribution in [2.24, 2.45) is 5.92 Å². The highest BCUT2D eigenvalue weighted by atomic mass is 79.9. The molecule has 0 saturated heterocycles. The maximum atomic E-state index is 3.57. The minimum atomic E-state index is 0.517. The standard InChI is InChI=1S/C13H20BrN/c1-5-9(2)11(4)15-13-8-6-7-12(14)10(13)3/h6-9,11,15H,5H2,1-4H3. The second kappa shape index (κ2) is 5.55. The molecule has 0 bridgehead atoms. The Morgan fingerprint density at radius 3 is 2.60 bits per heavy atom. The van der Waals surface area contributed by atoms with E-state index in [-0.39, 0.29) is 0 Å². The van der Waals surface area contributed by atoms with Crippen LogP contribution < -0.4 is 5.32 Å². The highest BCUT2D eigenvalue weighted by Crippen LogP contribution is 2.25. The Labute approximate surface area is 101 Å². The van der Waals surface area contributed by atoms with E-state index in [9.17, 15) is 0 Å². The molecule has 2 heteroatoms. The summed E-state index contributed by atoms with van der Waals surface area (Å²) in [5, 5.41) is 3.57. The van der Waals surface area contributed by atoms with E-state index in [0.29, 0.717) is 12.0 Å². The van der Waals surface area contributed by atoms with Crippen LogP contribution in [0.2, 0.25) is 0 Å². The van der Waals surface area contributed by atoms with Gasteiger partial charge in [0.05, 0.1) is 0 Å². The monoisotopic (exact) mass is 269 g/mol. The molecule has 0 aromatic heterocycles. The summed E-state index contributed by atoms with van der Waals surface area (Å²) in [6.45, 7) is 8.89. The molecule has 1 aromatic rings. The quantitative estimate of drug-likeness (QED) is 0.842. The highest BCUT2D eigenvalue weighted by molar-refractivity contribution is 9.10. The second-order valence-corrected chi connectivity index (χ2v) is 5.09. The van der Waals surface area contributed by atoms with E-state index in [1.165, 1.54) is 22.1 Å². The number of hydrogen-bond donors (Lipinski definition) is 1. The summed E-state index contributed by atoms with van der Waals surface area (Å²) >= 11 is 3.55. The van der Waals surface area contributed by atoms with Crippen LogP contribution in [-0.2, 0) is 0 Å². The van der Waals surface area contributed by atoms with Gasteiger partial charge in [0, 0.05) is 16.2 Å². The first-order valence-corrected chi connectivity index (χ1v) is 6.37. The van der Waals surface area contributed by atoms with Crippen molar-refractivity contribution in [3.63, 3.8) is 0 Å². The molecule has 0 saturated carbocycles. The third kappa shape index (κ3) is 3.23. The number of anilines is 1. The Morgan fingerprint density at radius 1 is 1.33 bits per heavy atom. The van der Waals surface area contributed by atoms with Crippen molar-refractivity contribution in [1.82, 2.24) is 0 Å². The Balaban J connectivity index is 2.76. The zero-order valence-electron chi connectivity index (χ0n) is 9.97. The average molecular weight is 270 g/mol. The number of benzene rings is 1. The van der Waals surface area contributed by atoms with E-state index in [1.54, 1.807) is 0 Å². The van der Waals surface area contributed by atoms with Gasteiger partial charge in [-0.05, 0) is 37.5 Å². The molecular formula is C13H20BrN. The maximum absolute atomic E-state index is 3.57. The van der Waals surface area contributed by atoms with E-state index >= 15 is 0 Å². The van der Waals surface area contributed by atoms with E-state index < -0.39 is 0 Å². The van der Waals surface area contributed by atoms with Crippen LogP contribution >= 0.6 is 15.9 Å². The predicted molar refractivity (Wildman–Crippen MR) is 71.4 cm³/mol. The van der Waals surface area contributed by atoms with Gasteiger partial charge in [0.15, 0.2) is 0 Å². The molecule has 0 heterocycles. The smallest absolute Gasteiger partial charge is 0.0383 e. The topological polar surface area (TPSA) is 12.0 Å². The Kier molecular flexibility index (Phi) is 4.65. The summed E-state index contributed by atoms with van der Waals surface area (Å²) < 4.78 is 1.17. The molecule has 0 spiro atoms. The summed E-state index contributed by atoms with van der Waals surface area (Å²) in [5.41, 5.74) is 2.52. The van der Waals surface area contributed by atoms with Gasteiger partial charge in [-0.15, -0.1) is 0 Å². The molecule has 2 unspecified atom stereocenters. The first kappa shape index (κ1) is 12.6. The maximum Gasteiger partial charge on any atom is 0.0383 e. The normalized spacial score (nSPS) is 14.7. The number of rotatable bonds is 4. The van der Waals surface area contributed by atoms with Gasteiger partial charge in [-0.25, -0.2) is 0 Å². The van der Waals surface area contributed by atoms with E-state index in [4.69, 9.17) is 0 Å². The lowest BCUT2D eigenvalue weighted by Gasteiger charge is -2.22. The molecule has 84 valence electrons. The van der Waals surface area contributed by atoms with Crippen LogP contribution in [0, 0.1) is 12.8 Å². The SMILES string of the molecule is CCC(C)C(C)Nc1cccc(Br)c1C. The molecule has 15 heavy (non-hydrogen) atoms. The molecule has 1 nitrogen and oxygen atoms in total. The lowest BCUT2D eigenvalue weighted by atomic mass is 10.0. The van der Waals surface area contributed by atoms with E-state index in [0.717, 1.165) is 0 Å². The predicted octanol–water partition coefficient (Wildman–Crippen LogP) is 4.60. The van der Waals surface area contributed by atoms with Crippen molar-refractivity contribution in [1.29, 1.82) is 0 Å². The van der Waals surface area contributed by atoms with Crippen LogP contribution in [0.1, 0.15) is 32.8 Å². The van der Waals surface area contributed by atoms with Gasteiger partial charge in [0.25, 0.3) is 0 Å². The largest absolute Gasteiger partial charge is 0.382 e. The summed E-state index contributed by atoms with van der Waals surface area (Å²) in [6.07, 6.45) is 1.21. The van der Waals surface area contributed by atoms with E-state index in [1.807, 2.05) is 0 Å². The molecule has 0 aliphatic carbocycles. The molecular weight excluding hydrogens is 250 g/mol. The van der Waals surface area contributed by atoms with Crippen molar-refractivity contribution >= 4 is 21.6 Å². The van der Waals surface area contributed by atoms with Gasteiger partial charge in [-0.2, -0.15) is 0 Å². The minimum absolute atomic E-state index is 0.517. The van der Waals surface area contributed by atoms with Gasteiger partial charge in [-0.1, -0.05) is 42.3 Å². The molecule has 0 aliphatic rings. The molecule has 2 atom stereocenters. The van der Waals surface area contributed by atoms with Gasteiger partial charge in [0.2, 0.25) is 0 Å². The van der Waals surface area contributed by atoms with Crippen molar-refractivity contribution in [2.45, 2.75) is 40.2 Å². The van der Waals surface area contributed by atoms with Gasteiger partial charge < -0.3 is 5.32 Å². The number of halogens is 1. The zero-order valence-corrected chi connectivity index (χ0v) is 11.6. The fourth-order valence-electron chi connectivity index (χ4n) is 1.50. The zero-order chi connectivity index (χ0) is 11.4. The minimum Gasteiger partial charge on any atom is -0.382 e. The van der Waals surface area contributed by atoms with Crippen molar-refractivity contribution < 1.29 is 0 Å². The van der Waals surface area contributed by atoms with Gasteiger partial charge >= 0.3 is 0 Å². The second-order valence-electron chi connectivity index (χ2n) is 4.23. The third-order valence-electron chi connectivity index (χ3n) is 3.15. The molecule has 1 rings (SSSR count). The first-order chi connectivity index (χ1) is 7.06. The van der Waals surface area contributed by atoms with Crippen molar-refractivity contribution in [3.05, 3.63) is 28.2 Å². The van der Waals surface area contributed by atoms with Crippen LogP contribution in [0.4, 0.5) is 5.69 Å². The molecule has 1 aromatic carbocycles. The fraction of sp³-hybridized carbons (Fsp3) is 0.538. The third-order valence-corrected chi connectivity index (χ3v) is 4.01. The Morgan fingerprint density at radius 2 is 2.00 bits per heavy atom. The lowest BCUT2D eigenvalue weighted by molar-refractivity contribution is 0.494. The lowest BCUT2D eigenvalue weighted by Crippen LogP contribution is -2.23. The molecule has 0 fully saturated rings. The highest BCUT2D eigenvalue weighted by Gasteiger charge is 2.11. The van der Waals surface area contributed by atoms with Gasteiger partial charge in [0.1, 0.15) is 0 Å². The van der Waals surface area contributed by atoms with Crippen LogP contribution in [0.25, 0.3) is 0 Å². The molecule has 0 radical (unpaired) electrons. The summed E-state index contributed by atoms with van der Waals surface area (Å²) in [5.74, 6) is 0.698. The van der Waals surface area contributed by atoms with Crippen LogP contribution in [-0.4, -0.2) is 6.04 Å². The van der Waals surface area contributed by atoms with Crippen LogP contribution in [0.5, 0.6) is 0 Å². The summed E-state index contributed by atoms with van der Waals surface area (Å²) in [4.78, 5) is 0. The molecule has 0 aliphatic heterocycles. The molecule has 1 N–H and O–H groups in total. The van der Waals surface area contributed by atoms with Crippen molar-refractivity contribution in [3.8, 4) is 0 Å². The van der Waals surface area contributed by atoms with Crippen LogP contribution in [0.15, 0.2) is 22.7 Å². The number of nitrogens with one attached hydrogen (secondary N) is 1. The fourth-order valence-corrected chi connectivity index (χ4v) is 1.87. The van der Waals surface area contributed by atoms with Crippen molar-refractivity contribution in [2.75, 3.05) is 5.32 Å².